The van der Waals surface area contributed by atoms with Crippen molar-refractivity contribution in [1.82, 2.24) is 14.6 Å². The molecule has 0 aliphatic rings. The van der Waals surface area contributed by atoms with E-state index in [1.165, 1.54) is 0 Å². The van der Waals surface area contributed by atoms with Crippen LogP contribution < -0.4 is 11.1 Å². The van der Waals surface area contributed by atoms with Crippen molar-refractivity contribution in [3.05, 3.63) is 23.0 Å². The van der Waals surface area contributed by atoms with Gasteiger partial charge in [-0.2, -0.15) is 9.61 Å². The van der Waals surface area contributed by atoms with Crippen molar-refractivity contribution in [3.63, 3.8) is 0 Å². The van der Waals surface area contributed by atoms with Gasteiger partial charge in [-0.15, -0.1) is 0 Å². The van der Waals surface area contributed by atoms with Crippen LogP contribution in [-0.4, -0.2) is 38.3 Å². The summed E-state index contributed by atoms with van der Waals surface area (Å²) in [6, 6.07) is 0.902. The molecule has 0 unspecified atom stereocenters. The number of aromatic nitrogens is 3. The smallest absolute Gasteiger partial charge is 0.242 e. The molecule has 0 spiro atoms. The molecule has 2 aromatic rings. The number of aliphatic hydroxyl groups is 1. The number of nitrogens with one attached hydrogen (secondary N) is 1. The number of anilines is 1. The molecule has 0 bridgehead atoms. The summed E-state index contributed by atoms with van der Waals surface area (Å²) < 4.78 is 1.61. The molecule has 2 aromatic heterocycles. The summed E-state index contributed by atoms with van der Waals surface area (Å²) in [5.41, 5.74) is 8.56. The quantitative estimate of drug-likeness (QED) is 0.715. The van der Waals surface area contributed by atoms with Crippen molar-refractivity contribution in [2.24, 2.45) is 5.73 Å². The van der Waals surface area contributed by atoms with Gasteiger partial charge in [-0.1, -0.05) is 0 Å². The van der Waals surface area contributed by atoms with Crippen LogP contribution in [0.2, 0.25) is 0 Å². The van der Waals surface area contributed by atoms with Gasteiger partial charge in [0.2, 0.25) is 5.91 Å². The zero-order valence-electron chi connectivity index (χ0n) is 11.1. The van der Waals surface area contributed by atoms with Gasteiger partial charge in [0.25, 0.3) is 0 Å². The second-order valence-corrected chi connectivity index (χ2v) is 4.51. The first-order valence-corrected chi connectivity index (χ1v) is 5.94. The third-order valence-electron chi connectivity index (χ3n) is 3.03. The Bertz CT molecular complexity index is 635. The van der Waals surface area contributed by atoms with Crippen LogP contribution in [0.15, 0.2) is 6.07 Å². The summed E-state index contributed by atoms with van der Waals surface area (Å²) in [6.07, 6.45) is 0. The molecule has 0 aliphatic carbocycles. The zero-order chi connectivity index (χ0) is 14.2. The lowest BCUT2D eigenvalue weighted by Gasteiger charge is -2.15. The lowest BCUT2D eigenvalue weighted by atomic mass is 10.2. The third kappa shape index (κ3) is 2.37. The fourth-order valence-corrected chi connectivity index (χ4v) is 1.84. The number of carbonyl (C=O) groups is 1. The first kappa shape index (κ1) is 13.3. The molecule has 2 rings (SSSR count). The number of rotatable bonds is 4. The van der Waals surface area contributed by atoms with Crippen LogP contribution in [0.3, 0.4) is 0 Å². The molecule has 0 aliphatic heterocycles. The minimum Gasteiger partial charge on any atom is -0.394 e. The molecule has 7 heteroatoms. The SMILES string of the molecule is Cc1cc(N[C@@H](CO)C(N)=O)n2nc(C)c(C)c2n1. The minimum absolute atomic E-state index is 0.378. The normalized spacial score (nSPS) is 12.6. The lowest BCUT2D eigenvalue weighted by molar-refractivity contribution is -0.119. The highest BCUT2D eigenvalue weighted by atomic mass is 16.3. The van der Waals surface area contributed by atoms with E-state index in [9.17, 15) is 4.79 Å². The highest BCUT2D eigenvalue weighted by Crippen LogP contribution is 2.18. The molecule has 19 heavy (non-hydrogen) atoms. The van der Waals surface area contributed by atoms with E-state index in [0.29, 0.717) is 5.82 Å². The number of primary amides is 1. The van der Waals surface area contributed by atoms with E-state index in [1.807, 2.05) is 20.8 Å². The minimum atomic E-state index is -0.852. The van der Waals surface area contributed by atoms with Gasteiger partial charge in [-0.25, -0.2) is 4.98 Å². The number of carbonyl (C=O) groups excluding carboxylic acids is 1. The van der Waals surface area contributed by atoms with Crippen LogP contribution in [0, 0.1) is 20.8 Å². The lowest BCUT2D eigenvalue weighted by Crippen LogP contribution is -2.39. The fourth-order valence-electron chi connectivity index (χ4n) is 1.84. The first-order chi connectivity index (χ1) is 8.93. The van der Waals surface area contributed by atoms with Crippen molar-refractivity contribution < 1.29 is 9.90 Å². The summed E-state index contributed by atoms with van der Waals surface area (Å²) >= 11 is 0. The van der Waals surface area contributed by atoms with Gasteiger partial charge in [0.05, 0.1) is 12.3 Å². The number of hydrogen-bond acceptors (Lipinski definition) is 5. The topological polar surface area (TPSA) is 106 Å². The molecule has 2 heterocycles. The Morgan fingerprint density at radius 1 is 1.53 bits per heavy atom. The highest BCUT2D eigenvalue weighted by molar-refractivity contribution is 5.83. The number of nitrogens with two attached hydrogens (primary N) is 1. The molecule has 0 radical (unpaired) electrons. The summed E-state index contributed by atoms with van der Waals surface area (Å²) in [4.78, 5) is 15.6. The number of hydrogen-bond donors (Lipinski definition) is 3. The Hall–Kier alpha value is -2.15. The monoisotopic (exact) mass is 263 g/mol. The van der Waals surface area contributed by atoms with Gasteiger partial charge in [0, 0.05) is 17.3 Å². The van der Waals surface area contributed by atoms with Crippen molar-refractivity contribution in [3.8, 4) is 0 Å². The molecular formula is C12H17N5O2. The van der Waals surface area contributed by atoms with Gasteiger partial charge in [0.15, 0.2) is 5.65 Å². The average molecular weight is 263 g/mol. The summed E-state index contributed by atoms with van der Waals surface area (Å²) in [5, 5.41) is 16.4. The number of nitrogens with zero attached hydrogens (tertiary/aromatic N) is 3. The second kappa shape index (κ2) is 4.85. The Labute approximate surface area is 110 Å². The van der Waals surface area contributed by atoms with E-state index in [4.69, 9.17) is 10.8 Å². The third-order valence-corrected chi connectivity index (χ3v) is 3.03. The Balaban J connectivity index is 2.53. The van der Waals surface area contributed by atoms with E-state index >= 15 is 0 Å². The van der Waals surface area contributed by atoms with Gasteiger partial charge in [-0.05, 0) is 20.8 Å². The molecule has 0 saturated heterocycles. The second-order valence-electron chi connectivity index (χ2n) is 4.51. The van der Waals surface area contributed by atoms with Crippen LogP contribution in [0.4, 0.5) is 5.82 Å². The predicted molar refractivity (Wildman–Crippen MR) is 70.9 cm³/mol. The van der Waals surface area contributed by atoms with Gasteiger partial charge >= 0.3 is 0 Å². The number of fused-ring (bicyclic) bond motifs is 1. The maximum Gasteiger partial charge on any atom is 0.242 e. The maximum absolute atomic E-state index is 11.2. The van der Waals surface area contributed by atoms with E-state index in [2.05, 4.69) is 15.4 Å². The predicted octanol–water partition coefficient (Wildman–Crippen LogP) is -0.0873. The molecule has 1 amide bonds. The van der Waals surface area contributed by atoms with Crippen molar-refractivity contribution in [1.29, 1.82) is 0 Å². The van der Waals surface area contributed by atoms with Crippen LogP contribution in [0.5, 0.6) is 0 Å². The van der Waals surface area contributed by atoms with Crippen molar-refractivity contribution >= 4 is 17.4 Å². The Kier molecular flexibility index (Phi) is 3.39. The largest absolute Gasteiger partial charge is 0.394 e. The molecule has 0 fully saturated rings. The average Bonchev–Trinajstić information content (AvgIpc) is 2.63. The standard InChI is InChI=1S/C12H17N5O2/c1-6-4-10(15-9(5-18)11(13)19)17-12(14-6)7(2)8(3)16-17/h4,9,15,18H,5H2,1-3H3,(H2,13,19)/t9-/m0/s1. The summed E-state index contributed by atoms with van der Waals surface area (Å²) in [7, 11) is 0. The molecule has 4 N–H and O–H groups in total. The Morgan fingerprint density at radius 2 is 2.21 bits per heavy atom. The number of amides is 1. The maximum atomic E-state index is 11.2. The molecule has 0 saturated carbocycles. The van der Waals surface area contributed by atoms with E-state index < -0.39 is 11.9 Å². The van der Waals surface area contributed by atoms with Crippen molar-refractivity contribution in [2.75, 3.05) is 11.9 Å². The number of aliphatic hydroxyl groups excluding tert-OH is 1. The van der Waals surface area contributed by atoms with E-state index in [0.717, 1.165) is 22.6 Å². The molecule has 7 nitrogen and oxygen atoms in total. The highest BCUT2D eigenvalue weighted by Gasteiger charge is 2.17. The Morgan fingerprint density at radius 3 is 2.79 bits per heavy atom. The molecule has 102 valence electrons. The van der Waals surface area contributed by atoms with Gasteiger partial charge in [-0.3, -0.25) is 4.79 Å². The summed E-state index contributed by atoms with van der Waals surface area (Å²) in [5.74, 6) is -0.0396. The molecular weight excluding hydrogens is 246 g/mol. The fraction of sp³-hybridized carbons (Fsp3) is 0.417. The van der Waals surface area contributed by atoms with Crippen LogP contribution in [-0.2, 0) is 4.79 Å². The van der Waals surface area contributed by atoms with Crippen LogP contribution >= 0.6 is 0 Å². The molecule has 0 aromatic carbocycles. The van der Waals surface area contributed by atoms with Crippen LogP contribution in [0.1, 0.15) is 17.0 Å². The number of aryl methyl sites for hydroxylation is 3. The van der Waals surface area contributed by atoms with Crippen molar-refractivity contribution in [2.45, 2.75) is 26.8 Å². The van der Waals surface area contributed by atoms with E-state index in [-0.39, 0.29) is 6.61 Å². The summed E-state index contributed by atoms with van der Waals surface area (Å²) in [6.45, 7) is 5.30. The van der Waals surface area contributed by atoms with E-state index in [1.54, 1.807) is 10.6 Å². The van der Waals surface area contributed by atoms with Gasteiger partial charge < -0.3 is 16.2 Å². The van der Waals surface area contributed by atoms with Crippen LogP contribution in [0.25, 0.3) is 5.65 Å². The first-order valence-electron chi connectivity index (χ1n) is 5.94. The van der Waals surface area contributed by atoms with Gasteiger partial charge in [0.1, 0.15) is 11.9 Å². The molecule has 1 atom stereocenters. The zero-order valence-corrected chi connectivity index (χ0v) is 11.1.